The minimum absolute atomic E-state index is 0.841. The minimum atomic E-state index is 0.841. The van der Waals surface area contributed by atoms with E-state index < -0.39 is 0 Å². The van der Waals surface area contributed by atoms with Crippen molar-refractivity contribution in [1.29, 1.82) is 0 Å². The monoisotopic (exact) mass is 234 g/mol. The van der Waals surface area contributed by atoms with Crippen molar-refractivity contribution < 1.29 is 0 Å². The smallest absolute Gasteiger partial charge is 0.137 e. The maximum Gasteiger partial charge on any atom is 0.137 e. The summed E-state index contributed by atoms with van der Waals surface area (Å²) in [6, 6.07) is 0. The molecule has 6 heteroatoms. The second kappa shape index (κ2) is 6.15. The topological polar surface area (TPSA) is 71.4 Å². The molecule has 0 aromatic carbocycles. The van der Waals surface area contributed by atoms with Gasteiger partial charge < -0.3 is 9.88 Å². The van der Waals surface area contributed by atoms with Crippen LogP contribution in [0.3, 0.4) is 0 Å². The molecule has 0 aliphatic heterocycles. The van der Waals surface area contributed by atoms with E-state index in [9.17, 15) is 0 Å². The lowest BCUT2D eigenvalue weighted by Crippen LogP contribution is -2.19. The van der Waals surface area contributed by atoms with Gasteiger partial charge in [0, 0.05) is 32.3 Å². The predicted octanol–water partition coefficient (Wildman–Crippen LogP) is 0.743. The molecule has 0 fully saturated rings. The van der Waals surface area contributed by atoms with Crippen molar-refractivity contribution in [2.45, 2.75) is 32.9 Å². The predicted molar refractivity (Wildman–Crippen MR) is 64.3 cm³/mol. The average Bonchev–Trinajstić information content (AvgIpc) is 2.96. The minimum Gasteiger partial charge on any atom is -0.333 e. The molecular formula is C11H18N6. The van der Waals surface area contributed by atoms with Crippen molar-refractivity contribution in [3.8, 4) is 0 Å². The lowest BCUT2D eigenvalue weighted by atomic mass is 10.3. The molecule has 2 aromatic heterocycles. The molecule has 0 aliphatic carbocycles. The molecule has 92 valence electrons. The number of nitrogens with zero attached hydrogens (tertiary/aromatic N) is 4. The van der Waals surface area contributed by atoms with E-state index in [0.717, 1.165) is 38.3 Å². The van der Waals surface area contributed by atoms with Crippen LogP contribution in [0.2, 0.25) is 0 Å². The number of hydrogen-bond donors (Lipinski definition) is 2. The van der Waals surface area contributed by atoms with Crippen LogP contribution in [0.5, 0.6) is 0 Å². The Kier molecular flexibility index (Phi) is 4.26. The van der Waals surface area contributed by atoms with Gasteiger partial charge in [-0.2, -0.15) is 5.10 Å². The maximum atomic E-state index is 4.16. The van der Waals surface area contributed by atoms with Gasteiger partial charge in [0.25, 0.3) is 0 Å². The summed E-state index contributed by atoms with van der Waals surface area (Å²) in [7, 11) is 0. The van der Waals surface area contributed by atoms with E-state index >= 15 is 0 Å². The van der Waals surface area contributed by atoms with Gasteiger partial charge in [0.15, 0.2) is 0 Å². The normalized spacial score (nSPS) is 10.9. The molecule has 2 aromatic rings. The van der Waals surface area contributed by atoms with Gasteiger partial charge in [0.1, 0.15) is 12.2 Å². The lowest BCUT2D eigenvalue weighted by Gasteiger charge is -2.07. The number of aryl methyl sites for hydroxylation is 1. The molecule has 0 saturated heterocycles. The van der Waals surface area contributed by atoms with E-state index in [1.165, 1.54) is 12.0 Å². The van der Waals surface area contributed by atoms with Crippen molar-refractivity contribution in [3.05, 3.63) is 30.4 Å². The van der Waals surface area contributed by atoms with Gasteiger partial charge in [-0.1, -0.05) is 6.92 Å². The van der Waals surface area contributed by atoms with E-state index in [2.05, 4.69) is 37.0 Å². The van der Waals surface area contributed by atoms with Crippen molar-refractivity contribution in [1.82, 2.24) is 30.0 Å². The summed E-state index contributed by atoms with van der Waals surface area (Å²) in [5, 5.41) is 10.0. The molecule has 6 nitrogen and oxygen atoms in total. The Morgan fingerprint density at radius 1 is 1.47 bits per heavy atom. The molecule has 0 unspecified atom stereocenters. The highest BCUT2D eigenvalue weighted by molar-refractivity contribution is 4.97. The molecule has 0 amide bonds. The molecule has 0 atom stereocenters. The Bertz CT molecular complexity index is 419. The summed E-state index contributed by atoms with van der Waals surface area (Å²) in [5.74, 6) is 0.916. The van der Waals surface area contributed by atoms with Gasteiger partial charge in [-0.3, -0.25) is 5.10 Å². The highest BCUT2D eigenvalue weighted by atomic mass is 15.2. The maximum absolute atomic E-state index is 4.16. The summed E-state index contributed by atoms with van der Waals surface area (Å²) in [6.07, 6.45) is 7.32. The number of H-pyrrole nitrogens is 1. The van der Waals surface area contributed by atoms with Crippen molar-refractivity contribution in [2.75, 3.05) is 6.54 Å². The number of aromatic nitrogens is 5. The third-order valence-electron chi connectivity index (χ3n) is 2.57. The van der Waals surface area contributed by atoms with Crippen LogP contribution in [0.25, 0.3) is 0 Å². The number of nitrogens with one attached hydrogen (secondary N) is 2. The van der Waals surface area contributed by atoms with Crippen molar-refractivity contribution in [3.63, 3.8) is 0 Å². The zero-order chi connectivity index (χ0) is 11.9. The fraction of sp³-hybridized carbons (Fsp3) is 0.545. The summed E-state index contributed by atoms with van der Waals surface area (Å²) >= 11 is 0. The number of hydrogen-bond acceptors (Lipinski definition) is 4. The molecule has 0 saturated carbocycles. The van der Waals surface area contributed by atoms with Crippen molar-refractivity contribution in [2.24, 2.45) is 0 Å². The molecule has 2 heterocycles. The first-order valence-electron chi connectivity index (χ1n) is 5.94. The van der Waals surface area contributed by atoms with E-state index in [0.29, 0.717) is 0 Å². The van der Waals surface area contributed by atoms with E-state index in [4.69, 9.17) is 0 Å². The van der Waals surface area contributed by atoms with Crippen LogP contribution >= 0.6 is 0 Å². The van der Waals surface area contributed by atoms with E-state index in [-0.39, 0.29) is 0 Å². The summed E-state index contributed by atoms with van der Waals surface area (Å²) < 4.78 is 2.18. The highest BCUT2D eigenvalue weighted by Gasteiger charge is 2.01. The quantitative estimate of drug-likeness (QED) is 0.693. The fourth-order valence-electron chi connectivity index (χ4n) is 1.71. The van der Waals surface area contributed by atoms with E-state index in [1.54, 1.807) is 0 Å². The molecule has 0 radical (unpaired) electrons. The van der Waals surface area contributed by atoms with Crippen LogP contribution in [0, 0.1) is 0 Å². The Labute approximate surface area is 100 Å². The molecular weight excluding hydrogens is 216 g/mol. The molecule has 2 N–H and O–H groups in total. The molecule has 2 rings (SSSR count). The molecule has 17 heavy (non-hydrogen) atoms. The number of imidazole rings is 1. The third-order valence-corrected chi connectivity index (χ3v) is 2.57. The van der Waals surface area contributed by atoms with Gasteiger partial charge in [-0.25, -0.2) is 9.97 Å². The first-order valence-corrected chi connectivity index (χ1v) is 5.94. The zero-order valence-electron chi connectivity index (χ0n) is 10.1. The number of aromatic amines is 1. The second-order valence-corrected chi connectivity index (χ2v) is 3.94. The van der Waals surface area contributed by atoms with Gasteiger partial charge in [-0.15, -0.1) is 0 Å². The molecule has 0 spiro atoms. The van der Waals surface area contributed by atoms with Gasteiger partial charge in [0.2, 0.25) is 0 Å². The highest BCUT2D eigenvalue weighted by Crippen LogP contribution is 2.00. The van der Waals surface area contributed by atoms with Crippen LogP contribution in [-0.2, 0) is 19.5 Å². The van der Waals surface area contributed by atoms with Crippen LogP contribution < -0.4 is 5.32 Å². The lowest BCUT2D eigenvalue weighted by molar-refractivity contribution is 0.598. The molecule has 0 aliphatic rings. The summed E-state index contributed by atoms with van der Waals surface area (Å²) in [4.78, 5) is 8.24. The SMILES string of the molecule is CCCn1cncc1CNCCc1ncn[nH]1. The Hall–Kier alpha value is -1.69. The van der Waals surface area contributed by atoms with E-state index in [1.807, 2.05) is 12.5 Å². The van der Waals surface area contributed by atoms with Crippen LogP contribution in [0.1, 0.15) is 24.9 Å². The Morgan fingerprint density at radius 3 is 3.18 bits per heavy atom. The Balaban J connectivity index is 1.72. The standard InChI is InChI=1S/C11H18N6/c1-2-5-17-9-13-7-10(17)6-12-4-3-11-14-8-15-16-11/h7-9,12H,2-6H2,1H3,(H,14,15,16). The second-order valence-electron chi connectivity index (χ2n) is 3.94. The Morgan fingerprint density at radius 2 is 2.41 bits per heavy atom. The largest absolute Gasteiger partial charge is 0.333 e. The summed E-state index contributed by atoms with van der Waals surface area (Å²) in [5.41, 5.74) is 1.23. The first-order chi connectivity index (χ1) is 8.40. The van der Waals surface area contributed by atoms with Crippen LogP contribution in [0.4, 0.5) is 0 Å². The van der Waals surface area contributed by atoms with Crippen LogP contribution in [0.15, 0.2) is 18.9 Å². The van der Waals surface area contributed by atoms with Gasteiger partial charge >= 0.3 is 0 Å². The third kappa shape index (κ3) is 3.39. The van der Waals surface area contributed by atoms with Crippen molar-refractivity contribution >= 4 is 0 Å². The zero-order valence-corrected chi connectivity index (χ0v) is 10.1. The van der Waals surface area contributed by atoms with Crippen LogP contribution in [-0.4, -0.2) is 31.3 Å². The van der Waals surface area contributed by atoms with Gasteiger partial charge in [0.05, 0.1) is 12.0 Å². The molecule has 0 bridgehead atoms. The number of rotatable bonds is 7. The fourth-order valence-corrected chi connectivity index (χ4v) is 1.71. The first kappa shape index (κ1) is 11.8. The van der Waals surface area contributed by atoms with Gasteiger partial charge in [-0.05, 0) is 6.42 Å². The summed E-state index contributed by atoms with van der Waals surface area (Å²) in [6.45, 7) is 4.92. The average molecular weight is 234 g/mol.